The summed E-state index contributed by atoms with van der Waals surface area (Å²) >= 11 is 6.20. The van der Waals surface area contributed by atoms with Gasteiger partial charge in [-0.2, -0.15) is 0 Å². The molecule has 4 rings (SSSR count). The number of fused-ring (bicyclic) bond motifs is 1. The first-order valence-electron chi connectivity index (χ1n) is 11.5. The number of rotatable bonds is 3. The van der Waals surface area contributed by atoms with Crippen molar-refractivity contribution < 1.29 is 18.7 Å². The molecule has 1 aromatic carbocycles. The zero-order chi connectivity index (χ0) is 24.6. The van der Waals surface area contributed by atoms with Gasteiger partial charge in [-0.15, -0.1) is 0 Å². The molecule has 7 nitrogen and oxygen atoms in total. The topological polar surface area (TPSA) is 74.8 Å². The van der Waals surface area contributed by atoms with Crippen LogP contribution in [0.4, 0.5) is 25.4 Å². The lowest BCUT2D eigenvalue weighted by molar-refractivity contribution is 0.0491. The number of alkyl carbamates (subject to hydrolysis) is 1. The van der Waals surface area contributed by atoms with Crippen molar-refractivity contribution in [3.8, 4) is 0 Å². The van der Waals surface area contributed by atoms with E-state index in [1.165, 1.54) is 11.0 Å². The number of hydrogen-bond donors (Lipinski definition) is 1. The second kappa shape index (κ2) is 9.41. The average molecular weight is 489 g/mol. The number of nitrogens with one attached hydrogen (secondary N) is 1. The number of hydrogen-bond acceptors (Lipinski definition) is 4. The summed E-state index contributed by atoms with van der Waals surface area (Å²) in [5.41, 5.74) is 1.80. The van der Waals surface area contributed by atoms with E-state index in [0.29, 0.717) is 17.7 Å². The molecule has 34 heavy (non-hydrogen) atoms. The molecule has 9 heteroatoms. The second-order valence-electron chi connectivity index (χ2n) is 9.94. The summed E-state index contributed by atoms with van der Waals surface area (Å²) < 4.78 is 20.3. The van der Waals surface area contributed by atoms with E-state index in [0.717, 1.165) is 24.8 Å². The van der Waals surface area contributed by atoms with Gasteiger partial charge in [0.15, 0.2) is 0 Å². The Morgan fingerprint density at radius 1 is 1.29 bits per heavy atom. The number of carbonyl (C=O) groups excluding carboxylic acids is 2. The predicted molar refractivity (Wildman–Crippen MR) is 130 cm³/mol. The number of pyridine rings is 1. The fourth-order valence-electron chi connectivity index (χ4n) is 4.76. The van der Waals surface area contributed by atoms with Crippen molar-refractivity contribution in [1.82, 2.24) is 10.3 Å². The Morgan fingerprint density at radius 3 is 2.76 bits per heavy atom. The smallest absolute Gasteiger partial charge is 0.407 e. The predicted octanol–water partition coefficient (Wildman–Crippen LogP) is 5.97. The molecule has 1 aromatic heterocycles. The molecule has 3 amide bonds. The Hall–Kier alpha value is -2.87. The number of nitrogens with zero attached hydrogens (tertiary/aromatic N) is 3. The minimum atomic E-state index is -0.595. The van der Waals surface area contributed by atoms with Crippen LogP contribution in [-0.2, 0) is 11.3 Å². The van der Waals surface area contributed by atoms with E-state index in [1.54, 1.807) is 36.2 Å². The highest BCUT2D eigenvalue weighted by Crippen LogP contribution is 2.39. The van der Waals surface area contributed by atoms with Gasteiger partial charge in [-0.25, -0.2) is 19.0 Å². The summed E-state index contributed by atoms with van der Waals surface area (Å²) in [6.45, 7) is 7.43. The molecule has 1 aliphatic heterocycles. The molecule has 1 saturated carbocycles. The highest BCUT2D eigenvalue weighted by atomic mass is 35.5. The maximum Gasteiger partial charge on any atom is 0.407 e. The molecular formula is C25H30ClFN4O3. The summed E-state index contributed by atoms with van der Waals surface area (Å²) in [7, 11) is 0. The monoisotopic (exact) mass is 488 g/mol. The van der Waals surface area contributed by atoms with E-state index in [-0.39, 0.29) is 35.5 Å². The van der Waals surface area contributed by atoms with Gasteiger partial charge < -0.3 is 10.1 Å². The Bertz CT molecular complexity index is 1080. The fourth-order valence-corrected chi connectivity index (χ4v) is 4.91. The number of ether oxygens (including phenoxy) is 1. The van der Waals surface area contributed by atoms with Gasteiger partial charge in [-0.3, -0.25) is 9.80 Å². The summed E-state index contributed by atoms with van der Waals surface area (Å²) in [6, 6.07) is 5.80. The van der Waals surface area contributed by atoms with Crippen LogP contribution in [0.5, 0.6) is 0 Å². The fraction of sp³-hybridized carbons (Fsp3) is 0.480. The molecule has 1 aliphatic carbocycles. The van der Waals surface area contributed by atoms with Crippen LogP contribution in [-0.4, -0.2) is 34.8 Å². The number of urea groups is 1. The average Bonchev–Trinajstić information content (AvgIpc) is 2.73. The van der Waals surface area contributed by atoms with E-state index in [1.807, 2.05) is 20.8 Å². The van der Waals surface area contributed by atoms with Gasteiger partial charge in [-0.05, 0) is 71.1 Å². The summed E-state index contributed by atoms with van der Waals surface area (Å²) in [4.78, 5) is 33.5. The van der Waals surface area contributed by atoms with Crippen molar-refractivity contribution in [2.24, 2.45) is 0 Å². The van der Waals surface area contributed by atoms with Crippen molar-refractivity contribution >= 4 is 35.1 Å². The summed E-state index contributed by atoms with van der Waals surface area (Å²) in [5, 5.41) is 3.23. The van der Waals surface area contributed by atoms with Crippen LogP contribution < -0.4 is 15.1 Å². The van der Waals surface area contributed by atoms with Gasteiger partial charge in [0, 0.05) is 23.8 Å². The lowest BCUT2D eigenvalue weighted by Gasteiger charge is -2.44. The van der Waals surface area contributed by atoms with Crippen LogP contribution in [0.2, 0.25) is 5.15 Å². The molecule has 2 unspecified atom stereocenters. The number of anilines is 2. The first-order chi connectivity index (χ1) is 16.0. The third kappa shape index (κ3) is 5.12. The van der Waals surface area contributed by atoms with E-state index in [2.05, 4.69) is 10.3 Å². The molecule has 0 radical (unpaired) electrons. The van der Waals surface area contributed by atoms with Gasteiger partial charge >= 0.3 is 12.1 Å². The molecule has 1 N–H and O–H groups in total. The molecule has 2 aromatic rings. The molecule has 0 spiro atoms. The van der Waals surface area contributed by atoms with Crippen molar-refractivity contribution in [3.63, 3.8) is 0 Å². The lowest BCUT2D eigenvalue weighted by atomic mass is 9.89. The SMILES string of the molecule is Cc1cccc(F)c1N1Cc2cnc(Cl)cc2N(C2CCCC(NC(=O)OC(C)(C)C)C2)C1=O. The molecule has 2 atom stereocenters. The highest BCUT2D eigenvalue weighted by Gasteiger charge is 2.40. The van der Waals surface area contributed by atoms with Crippen molar-refractivity contribution in [1.29, 1.82) is 0 Å². The van der Waals surface area contributed by atoms with E-state index < -0.39 is 17.5 Å². The number of aryl methyl sites for hydroxylation is 1. The normalized spacial score (nSPS) is 20.7. The molecular weight excluding hydrogens is 459 g/mol. The van der Waals surface area contributed by atoms with E-state index in [9.17, 15) is 14.0 Å². The number of para-hydroxylation sites is 1. The van der Waals surface area contributed by atoms with Gasteiger partial charge in [-0.1, -0.05) is 23.7 Å². The van der Waals surface area contributed by atoms with Crippen molar-refractivity contribution in [2.75, 3.05) is 9.80 Å². The lowest BCUT2D eigenvalue weighted by Crippen LogP contribution is -2.55. The molecule has 0 bridgehead atoms. The quantitative estimate of drug-likeness (QED) is 0.540. The molecule has 0 saturated heterocycles. The zero-order valence-electron chi connectivity index (χ0n) is 19.9. The number of benzene rings is 1. The molecule has 2 heterocycles. The van der Waals surface area contributed by atoms with Gasteiger partial charge in [0.05, 0.1) is 17.9 Å². The van der Waals surface area contributed by atoms with Gasteiger partial charge in [0.1, 0.15) is 16.6 Å². The third-order valence-electron chi connectivity index (χ3n) is 6.14. The molecule has 182 valence electrons. The highest BCUT2D eigenvalue weighted by molar-refractivity contribution is 6.29. The Morgan fingerprint density at radius 2 is 2.06 bits per heavy atom. The maximum absolute atomic E-state index is 14.8. The Labute approximate surface area is 204 Å². The van der Waals surface area contributed by atoms with E-state index in [4.69, 9.17) is 16.3 Å². The number of halogens is 2. The minimum Gasteiger partial charge on any atom is -0.444 e. The maximum atomic E-state index is 14.8. The molecule has 1 fully saturated rings. The number of aromatic nitrogens is 1. The van der Waals surface area contributed by atoms with Gasteiger partial charge in [0.25, 0.3) is 0 Å². The molecule has 2 aliphatic rings. The Kier molecular flexibility index (Phi) is 6.71. The minimum absolute atomic E-state index is 0.146. The first-order valence-corrected chi connectivity index (χ1v) is 11.9. The largest absolute Gasteiger partial charge is 0.444 e. The van der Waals surface area contributed by atoms with E-state index >= 15 is 0 Å². The van der Waals surface area contributed by atoms with Crippen LogP contribution >= 0.6 is 11.6 Å². The summed E-state index contributed by atoms with van der Waals surface area (Å²) in [5.74, 6) is -0.452. The summed E-state index contributed by atoms with van der Waals surface area (Å²) in [6.07, 6.45) is 4.08. The third-order valence-corrected chi connectivity index (χ3v) is 6.35. The van der Waals surface area contributed by atoms with Crippen molar-refractivity contribution in [2.45, 2.75) is 77.6 Å². The number of carbonyl (C=O) groups is 2. The second-order valence-corrected chi connectivity index (χ2v) is 10.3. The van der Waals surface area contributed by atoms with Crippen LogP contribution in [0.1, 0.15) is 57.6 Å². The first kappa shape index (κ1) is 24.3. The van der Waals surface area contributed by atoms with Crippen LogP contribution in [0.3, 0.4) is 0 Å². The van der Waals surface area contributed by atoms with Gasteiger partial charge in [0.2, 0.25) is 0 Å². The number of amides is 3. The standard InChI is InChI=1S/C25H30ClFN4O3/c1-15-7-5-10-19(27)22(15)30-14-16-13-28-21(26)12-20(16)31(24(30)33)18-9-6-8-17(11-18)29-23(32)34-25(2,3)4/h5,7,10,12-13,17-18H,6,8-9,11,14H2,1-4H3,(H,29,32). The Balaban J connectivity index is 1.65. The van der Waals surface area contributed by atoms with Crippen LogP contribution in [0, 0.1) is 12.7 Å². The zero-order valence-corrected chi connectivity index (χ0v) is 20.7. The van der Waals surface area contributed by atoms with Crippen LogP contribution in [0.25, 0.3) is 0 Å². The van der Waals surface area contributed by atoms with Crippen LogP contribution in [0.15, 0.2) is 30.5 Å². The van der Waals surface area contributed by atoms with Crippen molar-refractivity contribution in [3.05, 3.63) is 52.6 Å².